The minimum Gasteiger partial charge on any atom is -0.455 e. The zero-order valence-corrected chi connectivity index (χ0v) is 15.9. The van der Waals surface area contributed by atoms with E-state index < -0.39 is 5.97 Å². The zero-order valence-electron chi connectivity index (χ0n) is 15.1. The third kappa shape index (κ3) is 4.22. The maximum atomic E-state index is 12.5. The second kappa shape index (κ2) is 7.86. The minimum absolute atomic E-state index is 0.0663. The topological polar surface area (TPSA) is 72.4 Å². The van der Waals surface area contributed by atoms with Gasteiger partial charge in [-0.3, -0.25) is 9.59 Å². The van der Waals surface area contributed by atoms with Crippen molar-refractivity contribution in [1.29, 1.82) is 0 Å². The Kier molecular flexibility index (Phi) is 5.56. The molecule has 1 aromatic carbocycles. The van der Waals surface area contributed by atoms with Crippen molar-refractivity contribution in [2.45, 2.75) is 38.4 Å². The molecule has 1 amide bonds. The first kappa shape index (κ1) is 18.4. The third-order valence-corrected chi connectivity index (χ3v) is 4.93. The van der Waals surface area contributed by atoms with Crippen LogP contribution < -0.4 is 4.90 Å². The first-order valence-corrected chi connectivity index (χ1v) is 9.43. The lowest BCUT2D eigenvalue weighted by Gasteiger charge is -2.22. The van der Waals surface area contributed by atoms with Crippen LogP contribution in [0.15, 0.2) is 35.5 Å². The molecule has 1 aliphatic heterocycles. The SMILES string of the molecule is Cc1cc(C)nc(SCC(=O)OCC(=O)N2c3ccccc3CC2C)n1. The fourth-order valence-electron chi connectivity index (χ4n) is 3.08. The summed E-state index contributed by atoms with van der Waals surface area (Å²) in [6, 6.07) is 9.75. The lowest BCUT2D eigenvalue weighted by Crippen LogP contribution is -2.38. The van der Waals surface area contributed by atoms with Crippen LogP contribution in [0, 0.1) is 13.8 Å². The average Bonchev–Trinajstić information content (AvgIpc) is 2.93. The van der Waals surface area contributed by atoms with Crippen molar-refractivity contribution in [2.75, 3.05) is 17.3 Å². The number of carbonyl (C=O) groups is 2. The van der Waals surface area contributed by atoms with Crippen LogP contribution in [0.3, 0.4) is 0 Å². The molecule has 1 atom stereocenters. The number of aryl methyl sites for hydroxylation is 2. The van der Waals surface area contributed by atoms with Crippen molar-refractivity contribution in [3.05, 3.63) is 47.3 Å². The van der Waals surface area contributed by atoms with Gasteiger partial charge < -0.3 is 9.64 Å². The number of anilines is 1. The van der Waals surface area contributed by atoms with E-state index in [1.54, 1.807) is 4.90 Å². The number of rotatable bonds is 5. The summed E-state index contributed by atoms with van der Waals surface area (Å²) >= 11 is 1.21. The molecular weight excluding hydrogens is 350 g/mol. The molecule has 0 saturated heterocycles. The largest absolute Gasteiger partial charge is 0.455 e. The van der Waals surface area contributed by atoms with E-state index in [0.717, 1.165) is 29.1 Å². The third-order valence-electron chi connectivity index (χ3n) is 4.11. The van der Waals surface area contributed by atoms with Crippen molar-refractivity contribution in [1.82, 2.24) is 9.97 Å². The molecular formula is C19H21N3O3S. The van der Waals surface area contributed by atoms with Crippen LogP contribution >= 0.6 is 11.8 Å². The number of aromatic nitrogens is 2. The first-order valence-electron chi connectivity index (χ1n) is 8.44. The molecule has 0 spiro atoms. The summed E-state index contributed by atoms with van der Waals surface area (Å²) in [7, 11) is 0. The lowest BCUT2D eigenvalue weighted by atomic mass is 10.1. The fraction of sp³-hybridized carbons (Fsp3) is 0.368. The minimum atomic E-state index is -0.453. The normalized spacial score (nSPS) is 15.7. The van der Waals surface area contributed by atoms with Crippen LogP contribution in [0.4, 0.5) is 5.69 Å². The van der Waals surface area contributed by atoms with Gasteiger partial charge >= 0.3 is 5.97 Å². The number of ether oxygens (including phenoxy) is 1. The number of benzene rings is 1. The average molecular weight is 371 g/mol. The van der Waals surface area contributed by atoms with Crippen molar-refractivity contribution < 1.29 is 14.3 Å². The van der Waals surface area contributed by atoms with Gasteiger partial charge in [-0.25, -0.2) is 9.97 Å². The quantitative estimate of drug-likeness (QED) is 0.457. The number of hydrogen-bond donors (Lipinski definition) is 0. The molecule has 0 radical (unpaired) electrons. The monoisotopic (exact) mass is 371 g/mol. The number of nitrogens with zero attached hydrogens (tertiary/aromatic N) is 3. The Hall–Kier alpha value is -2.41. The molecule has 1 unspecified atom stereocenters. The highest BCUT2D eigenvalue weighted by Gasteiger charge is 2.30. The first-order chi connectivity index (χ1) is 12.4. The second-order valence-corrected chi connectivity index (χ2v) is 7.27. The van der Waals surface area contributed by atoms with E-state index in [1.807, 2.05) is 51.1 Å². The van der Waals surface area contributed by atoms with Gasteiger partial charge in [0.2, 0.25) is 0 Å². The number of thioether (sulfide) groups is 1. The molecule has 136 valence electrons. The molecule has 26 heavy (non-hydrogen) atoms. The van der Waals surface area contributed by atoms with Gasteiger partial charge in [0.15, 0.2) is 11.8 Å². The van der Waals surface area contributed by atoms with Gasteiger partial charge in [0.05, 0.1) is 5.75 Å². The number of amides is 1. The maximum absolute atomic E-state index is 12.5. The molecule has 3 rings (SSSR count). The Morgan fingerprint density at radius 3 is 2.65 bits per heavy atom. The Bertz CT molecular complexity index is 820. The predicted octanol–water partition coefficient (Wildman–Crippen LogP) is 2.71. The van der Waals surface area contributed by atoms with Crippen molar-refractivity contribution >= 4 is 29.3 Å². The molecule has 0 bridgehead atoms. The Morgan fingerprint density at radius 2 is 1.92 bits per heavy atom. The van der Waals surface area contributed by atoms with Gasteiger partial charge in [0.25, 0.3) is 5.91 Å². The lowest BCUT2D eigenvalue weighted by molar-refractivity contribution is -0.145. The summed E-state index contributed by atoms with van der Waals surface area (Å²) in [4.78, 5) is 34.7. The number of hydrogen-bond acceptors (Lipinski definition) is 6. The van der Waals surface area contributed by atoms with E-state index >= 15 is 0 Å². The highest BCUT2D eigenvalue weighted by molar-refractivity contribution is 7.99. The smallest absolute Gasteiger partial charge is 0.316 e. The van der Waals surface area contributed by atoms with E-state index in [0.29, 0.717) is 5.16 Å². The van der Waals surface area contributed by atoms with E-state index in [-0.39, 0.29) is 24.3 Å². The molecule has 7 heteroatoms. The molecule has 0 aliphatic carbocycles. The Labute approximate surface area is 157 Å². The molecule has 0 N–H and O–H groups in total. The Morgan fingerprint density at radius 1 is 1.23 bits per heavy atom. The number of esters is 1. The van der Waals surface area contributed by atoms with Gasteiger partial charge in [0, 0.05) is 23.1 Å². The maximum Gasteiger partial charge on any atom is 0.316 e. The molecule has 2 aromatic rings. The van der Waals surface area contributed by atoms with Gasteiger partial charge in [0.1, 0.15) is 0 Å². The van der Waals surface area contributed by atoms with Crippen LogP contribution in [0.2, 0.25) is 0 Å². The molecule has 6 nitrogen and oxygen atoms in total. The summed E-state index contributed by atoms with van der Waals surface area (Å²) < 4.78 is 5.16. The van der Waals surface area contributed by atoms with Crippen LogP contribution in [0.5, 0.6) is 0 Å². The molecule has 0 fully saturated rings. The van der Waals surface area contributed by atoms with Gasteiger partial charge in [-0.1, -0.05) is 30.0 Å². The van der Waals surface area contributed by atoms with Crippen molar-refractivity contribution in [2.24, 2.45) is 0 Å². The van der Waals surface area contributed by atoms with E-state index in [1.165, 1.54) is 11.8 Å². The van der Waals surface area contributed by atoms with Crippen LogP contribution in [0.1, 0.15) is 23.9 Å². The number of para-hydroxylation sites is 1. The standard InChI is InChI=1S/C19H21N3O3S/c1-12-8-13(2)21-19(20-12)26-11-18(24)25-10-17(23)22-14(3)9-15-6-4-5-7-16(15)22/h4-8,14H,9-11H2,1-3H3. The summed E-state index contributed by atoms with van der Waals surface area (Å²) in [5.74, 6) is -0.586. The molecule has 0 saturated carbocycles. The fourth-order valence-corrected chi connectivity index (χ4v) is 3.83. The van der Waals surface area contributed by atoms with Gasteiger partial charge in [-0.05, 0) is 44.9 Å². The summed E-state index contributed by atoms with van der Waals surface area (Å²) in [6.07, 6.45) is 0.815. The van der Waals surface area contributed by atoms with Crippen LogP contribution in [0.25, 0.3) is 0 Å². The van der Waals surface area contributed by atoms with E-state index in [2.05, 4.69) is 9.97 Å². The van der Waals surface area contributed by atoms with E-state index in [4.69, 9.17) is 4.74 Å². The highest BCUT2D eigenvalue weighted by Crippen LogP contribution is 2.31. The highest BCUT2D eigenvalue weighted by atomic mass is 32.2. The van der Waals surface area contributed by atoms with Gasteiger partial charge in [-0.2, -0.15) is 0 Å². The summed E-state index contributed by atoms with van der Waals surface area (Å²) in [5.41, 5.74) is 3.75. The Balaban J connectivity index is 1.52. The predicted molar refractivity (Wildman–Crippen MR) is 100 cm³/mol. The molecule has 1 aliphatic rings. The zero-order chi connectivity index (χ0) is 18.7. The molecule has 1 aromatic heterocycles. The summed E-state index contributed by atoms with van der Waals surface area (Å²) in [5, 5.41) is 0.535. The van der Waals surface area contributed by atoms with Crippen LogP contribution in [-0.2, 0) is 20.7 Å². The van der Waals surface area contributed by atoms with Crippen molar-refractivity contribution in [3.8, 4) is 0 Å². The van der Waals surface area contributed by atoms with Crippen molar-refractivity contribution in [3.63, 3.8) is 0 Å². The van der Waals surface area contributed by atoms with E-state index in [9.17, 15) is 9.59 Å². The summed E-state index contributed by atoms with van der Waals surface area (Å²) in [6.45, 7) is 5.49. The molecule has 2 heterocycles. The van der Waals surface area contributed by atoms with Crippen LogP contribution in [-0.4, -0.2) is 40.2 Å². The number of fused-ring (bicyclic) bond motifs is 1. The van der Waals surface area contributed by atoms with Gasteiger partial charge in [-0.15, -0.1) is 0 Å². The second-order valence-electron chi connectivity index (χ2n) is 6.33. The number of carbonyl (C=O) groups excluding carboxylic acids is 2.